The van der Waals surface area contributed by atoms with Crippen molar-refractivity contribution in [2.75, 3.05) is 26.7 Å². The fourth-order valence-electron chi connectivity index (χ4n) is 2.48. The molecule has 1 fully saturated rings. The number of amides is 1. The fourth-order valence-corrected chi connectivity index (χ4v) is 2.48. The zero-order valence-electron chi connectivity index (χ0n) is 11.2. The van der Waals surface area contributed by atoms with Gasteiger partial charge in [0.15, 0.2) is 0 Å². The molecule has 1 amide bonds. The Morgan fingerprint density at radius 3 is 2.78 bits per heavy atom. The lowest BCUT2D eigenvalue weighted by molar-refractivity contribution is -0.122. The van der Waals surface area contributed by atoms with Crippen molar-refractivity contribution in [3.63, 3.8) is 0 Å². The molecule has 18 heavy (non-hydrogen) atoms. The molecule has 0 bridgehead atoms. The first-order valence-corrected chi connectivity index (χ1v) is 6.59. The van der Waals surface area contributed by atoms with Crippen LogP contribution in [0.25, 0.3) is 0 Å². The highest BCUT2D eigenvalue weighted by molar-refractivity contribution is 5.77. The van der Waals surface area contributed by atoms with E-state index in [-0.39, 0.29) is 5.91 Å². The first-order valence-electron chi connectivity index (χ1n) is 6.59. The summed E-state index contributed by atoms with van der Waals surface area (Å²) < 4.78 is 2.22. The van der Waals surface area contributed by atoms with E-state index >= 15 is 0 Å². The summed E-state index contributed by atoms with van der Waals surface area (Å²) in [6.07, 6.45) is 6.23. The highest BCUT2D eigenvalue weighted by atomic mass is 16.1. The van der Waals surface area contributed by atoms with Gasteiger partial charge < -0.3 is 9.88 Å². The van der Waals surface area contributed by atoms with Crippen molar-refractivity contribution in [1.29, 1.82) is 0 Å². The second-order valence-corrected chi connectivity index (χ2v) is 5.02. The lowest BCUT2D eigenvalue weighted by atomic mass is 9.96. The first-order chi connectivity index (χ1) is 8.69. The van der Waals surface area contributed by atoms with E-state index in [4.69, 9.17) is 0 Å². The van der Waals surface area contributed by atoms with Crippen molar-refractivity contribution < 1.29 is 4.79 Å². The minimum Gasteiger partial charge on any atom is -0.358 e. The second-order valence-electron chi connectivity index (χ2n) is 5.02. The monoisotopic (exact) mass is 250 g/mol. The van der Waals surface area contributed by atoms with E-state index in [9.17, 15) is 4.79 Å². The molecule has 1 N–H and O–H groups in total. The third kappa shape index (κ3) is 3.32. The normalized spacial score (nSPS) is 17.9. The van der Waals surface area contributed by atoms with E-state index in [1.165, 1.54) is 0 Å². The Kier molecular flexibility index (Phi) is 4.36. The number of imidazole rings is 1. The molecule has 2 heterocycles. The molecular weight excluding hydrogens is 228 g/mol. The van der Waals surface area contributed by atoms with Gasteiger partial charge in [0, 0.05) is 26.0 Å². The molecule has 0 saturated carbocycles. The second kappa shape index (κ2) is 6.00. The van der Waals surface area contributed by atoms with E-state index < -0.39 is 0 Å². The average Bonchev–Trinajstić information content (AvgIpc) is 2.77. The average molecular weight is 250 g/mol. The number of piperidine rings is 1. The SMILES string of the molecule is CNC(=O)CN1CCC(Cn2ccnc2C)CC1. The van der Waals surface area contributed by atoms with Gasteiger partial charge in [-0.3, -0.25) is 9.69 Å². The van der Waals surface area contributed by atoms with E-state index in [1.807, 2.05) is 19.3 Å². The summed E-state index contributed by atoms with van der Waals surface area (Å²) >= 11 is 0. The van der Waals surface area contributed by atoms with Gasteiger partial charge in [-0.25, -0.2) is 4.98 Å². The van der Waals surface area contributed by atoms with Crippen LogP contribution in [0.5, 0.6) is 0 Å². The quantitative estimate of drug-likeness (QED) is 0.853. The number of likely N-dealkylation sites (tertiary alicyclic amines) is 1. The number of carbonyl (C=O) groups is 1. The van der Waals surface area contributed by atoms with Gasteiger partial charge in [-0.1, -0.05) is 0 Å². The smallest absolute Gasteiger partial charge is 0.233 e. The molecule has 1 aliphatic heterocycles. The number of carbonyl (C=O) groups excluding carboxylic acids is 1. The fraction of sp³-hybridized carbons (Fsp3) is 0.692. The number of aromatic nitrogens is 2. The first kappa shape index (κ1) is 13.1. The summed E-state index contributed by atoms with van der Waals surface area (Å²) in [4.78, 5) is 17.8. The predicted octanol–water partition coefficient (Wildman–Crippen LogP) is 0.650. The summed E-state index contributed by atoms with van der Waals surface area (Å²) in [7, 11) is 1.69. The van der Waals surface area contributed by atoms with Gasteiger partial charge in [-0.2, -0.15) is 0 Å². The lowest BCUT2D eigenvalue weighted by Gasteiger charge is -2.31. The Bertz CT molecular complexity index is 393. The zero-order valence-corrected chi connectivity index (χ0v) is 11.2. The maximum absolute atomic E-state index is 11.3. The third-order valence-electron chi connectivity index (χ3n) is 3.73. The van der Waals surface area contributed by atoms with E-state index in [1.54, 1.807) is 7.05 Å². The van der Waals surface area contributed by atoms with Crippen molar-refractivity contribution in [3.8, 4) is 0 Å². The lowest BCUT2D eigenvalue weighted by Crippen LogP contribution is -2.41. The van der Waals surface area contributed by atoms with Crippen LogP contribution in [0.2, 0.25) is 0 Å². The third-order valence-corrected chi connectivity index (χ3v) is 3.73. The molecule has 1 aliphatic rings. The van der Waals surface area contributed by atoms with E-state index in [0.29, 0.717) is 12.5 Å². The maximum Gasteiger partial charge on any atom is 0.233 e. The van der Waals surface area contributed by atoms with Crippen LogP contribution in [0.15, 0.2) is 12.4 Å². The van der Waals surface area contributed by atoms with Gasteiger partial charge in [-0.15, -0.1) is 0 Å². The number of nitrogens with one attached hydrogen (secondary N) is 1. The Labute approximate surface area is 108 Å². The van der Waals surface area contributed by atoms with Gasteiger partial charge in [0.1, 0.15) is 5.82 Å². The summed E-state index contributed by atoms with van der Waals surface area (Å²) in [5, 5.41) is 2.67. The molecule has 0 atom stereocenters. The van der Waals surface area contributed by atoms with Crippen LogP contribution in [-0.2, 0) is 11.3 Å². The predicted molar refractivity (Wildman–Crippen MR) is 70.2 cm³/mol. The van der Waals surface area contributed by atoms with Crippen LogP contribution in [-0.4, -0.2) is 47.0 Å². The van der Waals surface area contributed by atoms with Crippen LogP contribution in [0.1, 0.15) is 18.7 Å². The number of nitrogens with zero attached hydrogens (tertiary/aromatic N) is 3. The Morgan fingerprint density at radius 2 is 2.22 bits per heavy atom. The van der Waals surface area contributed by atoms with Crippen molar-refractivity contribution in [2.45, 2.75) is 26.3 Å². The maximum atomic E-state index is 11.3. The summed E-state index contributed by atoms with van der Waals surface area (Å²) in [6.45, 7) is 5.67. The summed E-state index contributed by atoms with van der Waals surface area (Å²) in [6, 6.07) is 0. The Hall–Kier alpha value is -1.36. The number of aryl methyl sites for hydroxylation is 1. The van der Waals surface area contributed by atoms with Gasteiger partial charge in [0.05, 0.1) is 6.54 Å². The van der Waals surface area contributed by atoms with E-state index in [0.717, 1.165) is 38.3 Å². The number of hydrogen-bond acceptors (Lipinski definition) is 3. The van der Waals surface area contributed by atoms with Crippen LogP contribution in [0.4, 0.5) is 0 Å². The van der Waals surface area contributed by atoms with Crippen LogP contribution < -0.4 is 5.32 Å². The van der Waals surface area contributed by atoms with E-state index in [2.05, 4.69) is 19.8 Å². The summed E-state index contributed by atoms with van der Waals surface area (Å²) in [5.41, 5.74) is 0. The highest BCUT2D eigenvalue weighted by Gasteiger charge is 2.20. The zero-order chi connectivity index (χ0) is 13.0. The number of rotatable bonds is 4. The van der Waals surface area contributed by atoms with Crippen LogP contribution in [0, 0.1) is 12.8 Å². The Morgan fingerprint density at radius 1 is 1.50 bits per heavy atom. The molecule has 1 aromatic heterocycles. The largest absolute Gasteiger partial charge is 0.358 e. The van der Waals surface area contributed by atoms with Crippen molar-refractivity contribution >= 4 is 5.91 Å². The molecule has 0 radical (unpaired) electrons. The van der Waals surface area contributed by atoms with Crippen LogP contribution in [0.3, 0.4) is 0 Å². The standard InChI is InChI=1S/C13H22N4O/c1-11-15-5-8-17(11)9-12-3-6-16(7-4-12)10-13(18)14-2/h5,8,12H,3-4,6-7,9-10H2,1-2H3,(H,14,18). The molecule has 1 aromatic rings. The molecule has 5 heteroatoms. The van der Waals surface area contributed by atoms with Crippen LogP contribution >= 0.6 is 0 Å². The van der Waals surface area contributed by atoms with Crippen molar-refractivity contribution in [1.82, 2.24) is 19.8 Å². The minimum absolute atomic E-state index is 0.110. The molecule has 0 aromatic carbocycles. The molecular formula is C13H22N4O. The molecule has 1 saturated heterocycles. The van der Waals surface area contributed by atoms with Gasteiger partial charge in [-0.05, 0) is 38.8 Å². The molecule has 100 valence electrons. The molecule has 0 unspecified atom stereocenters. The van der Waals surface area contributed by atoms with Gasteiger partial charge in [0.25, 0.3) is 0 Å². The minimum atomic E-state index is 0.110. The van der Waals surface area contributed by atoms with Crippen molar-refractivity contribution in [2.24, 2.45) is 5.92 Å². The summed E-state index contributed by atoms with van der Waals surface area (Å²) in [5.74, 6) is 1.90. The molecule has 2 rings (SSSR count). The molecule has 0 aliphatic carbocycles. The van der Waals surface area contributed by atoms with Gasteiger partial charge >= 0.3 is 0 Å². The topological polar surface area (TPSA) is 50.2 Å². The van der Waals surface area contributed by atoms with Crippen molar-refractivity contribution in [3.05, 3.63) is 18.2 Å². The number of hydrogen-bond donors (Lipinski definition) is 1. The molecule has 5 nitrogen and oxygen atoms in total. The number of likely N-dealkylation sites (N-methyl/N-ethyl adjacent to an activating group) is 1. The highest BCUT2D eigenvalue weighted by Crippen LogP contribution is 2.19. The Balaban J connectivity index is 1.77. The van der Waals surface area contributed by atoms with Gasteiger partial charge in [0.2, 0.25) is 5.91 Å². The molecule has 0 spiro atoms.